The van der Waals surface area contributed by atoms with Gasteiger partial charge in [0.15, 0.2) is 5.82 Å². The number of nitro groups is 1. The summed E-state index contributed by atoms with van der Waals surface area (Å²) >= 11 is 3.53. The number of nitrogens with one attached hydrogen (secondary N) is 2. The number of hydrogen-bond acceptors (Lipinski definition) is 9. The number of pyridine rings is 1. The number of rotatable bonds is 16. The van der Waals surface area contributed by atoms with Crippen LogP contribution >= 0.6 is 23.5 Å². The van der Waals surface area contributed by atoms with Crippen LogP contribution in [0.4, 0.5) is 0 Å². The molecule has 10 heteroatoms. The van der Waals surface area contributed by atoms with Crippen LogP contribution in [0.2, 0.25) is 0 Å². The second kappa shape index (κ2) is 14.8. The molecule has 0 aliphatic rings. The van der Waals surface area contributed by atoms with Crippen LogP contribution in [0.15, 0.2) is 53.0 Å². The van der Waals surface area contributed by atoms with Gasteiger partial charge in [-0.15, -0.1) is 0 Å². The Bertz CT molecular complexity index is 799. The maximum absolute atomic E-state index is 10.9. The highest BCUT2D eigenvalue weighted by Gasteiger charge is 2.05. The molecule has 0 bridgehead atoms. The molecule has 0 unspecified atom stereocenters. The minimum atomic E-state index is -0.439. The fraction of sp³-hybridized carbons (Fsp3) is 0.476. The maximum atomic E-state index is 10.9. The lowest BCUT2D eigenvalue weighted by Gasteiger charge is -2.11. The maximum Gasteiger partial charge on any atom is 0.274 e. The monoisotopic (exact) mass is 465 g/mol. The van der Waals surface area contributed by atoms with Crippen molar-refractivity contribution in [3.8, 4) is 0 Å². The third-order valence-corrected chi connectivity index (χ3v) is 5.99. The van der Waals surface area contributed by atoms with Crippen LogP contribution in [0.3, 0.4) is 0 Å². The summed E-state index contributed by atoms with van der Waals surface area (Å²) in [6.45, 7) is 2.08. The molecule has 0 saturated heterocycles. The van der Waals surface area contributed by atoms with Gasteiger partial charge in [-0.25, -0.2) is 0 Å². The van der Waals surface area contributed by atoms with Crippen molar-refractivity contribution in [3.05, 3.63) is 75.9 Å². The van der Waals surface area contributed by atoms with Crippen molar-refractivity contribution >= 4 is 23.5 Å². The summed E-state index contributed by atoms with van der Waals surface area (Å²) in [5.41, 5.74) is 1.08. The third-order valence-electron chi connectivity index (χ3n) is 4.02. The summed E-state index contributed by atoms with van der Waals surface area (Å²) in [6, 6.07) is 9.93. The van der Waals surface area contributed by atoms with E-state index < -0.39 is 4.92 Å². The molecule has 0 amide bonds. The van der Waals surface area contributed by atoms with Crippen molar-refractivity contribution in [1.29, 1.82) is 0 Å². The van der Waals surface area contributed by atoms with Crippen LogP contribution < -0.4 is 10.6 Å². The predicted molar refractivity (Wildman–Crippen MR) is 129 cm³/mol. The van der Waals surface area contributed by atoms with Gasteiger partial charge in [-0.05, 0) is 50.5 Å². The molecule has 8 nitrogen and oxygen atoms in total. The Kier molecular flexibility index (Phi) is 12.0. The van der Waals surface area contributed by atoms with E-state index in [1.54, 1.807) is 29.7 Å². The molecule has 2 heterocycles. The zero-order valence-electron chi connectivity index (χ0n) is 18.1. The first-order valence-electron chi connectivity index (χ1n) is 10.1. The molecule has 170 valence electrons. The first-order valence-corrected chi connectivity index (χ1v) is 12.4. The van der Waals surface area contributed by atoms with Gasteiger partial charge in [0.2, 0.25) is 0 Å². The first-order chi connectivity index (χ1) is 15.0. The van der Waals surface area contributed by atoms with Gasteiger partial charge in [0.05, 0.1) is 17.2 Å². The molecule has 0 spiro atoms. The second-order valence-corrected chi connectivity index (χ2v) is 9.35. The molecule has 0 aliphatic heterocycles. The van der Waals surface area contributed by atoms with E-state index >= 15 is 0 Å². The van der Waals surface area contributed by atoms with Gasteiger partial charge >= 0.3 is 0 Å². The summed E-state index contributed by atoms with van der Waals surface area (Å²) in [7, 11) is 4.02. The molecule has 0 aromatic carbocycles. The summed E-state index contributed by atoms with van der Waals surface area (Å²) in [5, 5.41) is 17.1. The average Bonchev–Trinajstić information content (AvgIpc) is 3.16. The van der Waals surface area contributed by atoms with Gasteiger partial charge in [-0.1, -0.05) is 6.07 Å². The van der Waals surface area contributed by atoms with Gasteiger partial charge < -0.3 is 20.0 Å². The topological polar surface area (TPSA) is 96.5 Å². The number of furan rings is 1. The van der Waals surface area contributed by atoms with E-state index in [0.29, 0.717) is 18.9 Å². The van der Waals surface area contributed by atoms with E-state index in [1.807, 2.05) is 44.4 Å². The van der Waals surface area contributed by atoms with Gasteiger partial charge in [-0.3, -0.25) is 15.1 Å². The van der Waals surface area contributed by atoms with Crippen LogP contribution in [0.1, 0.15) is 17.2 Å². The molecule has 0 aliphatic carbocycles. The number of aromatic nitrogens is 1. The highest BCUT2D eigenvalue weighted by atomic mass is 32.2. The van der Waals surface area contributed by atoms with E-state index in [4.69, 9.17) is 4.42 Å². The van der Waals surface area contributed by atoms with Crippen molar-refractivity contribution in [2.75, 3.05) is 44.4 Å². The zero-order valence-corrected chi connectivity index (χ0v) is 19.7. The predicted octanol–water partition coefficient (Wildman–Crippen LogP) is 3.20. The Morgan fingerprint density at radius 2 is 1.87 bits per heavy atom. The van der Waals surface area contributed by atoms with Gasteiger partial charge in [0, 0.05) is 36.5 Å². The molecule has 0 atom stereocenters. The van der Waals surface area contributed by atoms with Gasteiger partial charge in [0.25, 0.3) is 6.20 Å². The molecular formula is C21H31N5O3S2. The fourth-order valence-corrected chi connectivity index (χ4v) is 4.22. The number of nitrogens with zero attached hydrogens (tertiary/aromatic N) is 3. The Hall–Kier alpha value is -2.17. The highest BCUT2D eigenvalue weighted by molar-refractivity contribution is 7.99. The zero-order chi connectivity index (χ0) is 22.3. The summed E-state index contributed by atoms with van der Waals surface area (Å²) < 4.78 is 5.79. The van der Waals surface area contributed by atoms with Gasteiger partial charge in [-0.2, -0.15) is 23.5 Å². The van der Waals surface area contributed by atoms with Crippen LogP contribution in [0.25, 0.3) is 0 Å². The molecule has 2 N–H and O–H groups in total. The smallest absolute Gasteiger partial charge is 0.274 e. The van der Waals surface area contributed by atoms with Gasteiger partial charge in [0.1, 0.15) is 11.5 Å². The Balaban J connectivity index is 1.58. The highest BCUT2D eigenvalue weighted by Crippen LogP contribution is 2.16. The molecule has 0 saturated carbocycles. The first kappa shape index (κ1) is 25.1. The normalized spacial score (nSPS) is 11.6. The van der Waals surface area contributed by atoms with Crippen LogP contribution in [-0.4, -0.2) is 59.3 Å². The molecule has 2 rings (SSSR count). The Morgan fingerprint density at radius 1 is 1.13 bits per heavy atom. The molecule has 0 fully saturated rings. The summed E-state index contributed by atoms with van der Waals surface area (Å²) in [6.07, 6.45) is 3.71. The molecular weight excluding hydrogens is 434 g/mol. The minimum Gasteiger partial charge on any atom is -0.464 e. The quantitative estimate of drug-likeness (QED) is 0.220. The third kappa shape index (κ3) is 11.7. The van der Waals surface area contributed by atoms with Crippen LogP contribution in [0, 0.1) is 10.1 Å². The van der Waals surface area contributed by atoms with Crippen LogP contribution in [0.5, 0.6) is 0 Å². The van der Waals surface area contributed by atoms with Crippen LogP contribution in [-0.2, 0) is 18.7 Å². The number of hydrogen-bond donors (Lipinski definition) is 2. The van der Waals surface area contributed by atoms with E-state index in [-0.39, 0.29) is 0 Å². The molecule has 0 radical (unpaired) electrons. The van der Waals surface area contributed by atoms with E-state index in [1.165, 1.54) is 0 Å². The van der Waals surface area contributed by atoms with Crippen molar-refractivity contribution in [1.82, 2.24) is 20.5 Å². The minimum absolute atomic E-state index is 0.439. The lowest BCUT2D eigenvalue weighted by atomic mass is 10.3. The van der Waals surface area contributed by atoms with E-state index in [2.05, 4.69) is 20.5 Å². The van der Waals surface area contributed by atoms with Crippen molar-refractivity contribution in [2.45, 2.75) is 18.7 Å². The Morgan fingerprint density at radius 3 is 2.55 bits per heavy atom. The van der Waals surface area contributed by atoms with Crippen molar-refractivity contribution < 1.29 is 9.34 Å². The molecule has 31 heavy (non-hydrogen) atoms. The standard InChI is InChI=1S/C21H31N5O3S2/c1-25(2)15-19-6-7-20(29-19)17-31-14-11-24-21(16-26(27)28)23-10-13-30-12-8-18-5-3-4-9-22-18/h3-7,9,16,23-24H,8,10-15,17H2,1-2H3/b21-16+. The fourth-order valence-electron chi connectivity index (χ4n) is 2.67. The SMILES string of the molecule is CN(C)Cc1ccc(CSCCN/C(=C/[N+](=O)[O-])NCCSCCc2ccccn2)o1. The van der Waals surface area contributed by atoms with Crippen molar-refractivity contribution in [3.63, 3.8) is 0 Å². The average molecular weight is 466 g/mol. The second-order valence-electron chi connectivity index (χ2n) is 7.02. The lowest BCUT2D eigenvalue weighted by molar-refractivity contribution is -0.404. The van der Waals surface area contributed by atoms with Crippen molar-refractivity contribution in [2.24, 2.45) is 0 Å². The Labute approximate surface area is 192 Å². The molecule has 2 aromatic heterocycles. The largest absolute Gasteiger partial charge is 0.464 e. The number of aryl methyl sites for hydroxylation is 1. The summed E-state index contributed by atoms with van der Waals surface area (Å²) in [5.74, 6) is 5.79. The lowest BCUT2D eigenvalue weighted by Crippen LogP contribution is -2.30. The van der Waals surface area contributed by atoms with E-state index in [0.717, 1.165) is 59.4 Å². The van der Waals surface area contributed by atoms with E-state index in [9.17, 15) is 10.1 Å². The molecule has 2 aromatic rings. The summed E-state index contributed by atoms with van der Waals surface area (Å²) in [4.78, 5) is 16.8. The number of thioether (sulfide) groups is 2.